The molecule has 0 radical (unpaired) electrons. The number of carboxylic acids is 1. The summed E-state index contributed by atoms with van der Waals surface area (Å²) in [6, 6.07) is 28.6. The zero-order valence-electron chi connectivity index (χ0n) is 46.4. The number of carbonyl (C=O) groups is 4. The lowest BCUT2D eigenvalue weighted by atomic mass is 9.77. The number of amides is 2. The molecule has 8 aromatic rings. The molecule has 2 amide bonds. The van der Waals surface area contributed by atoms with Crippen LogP contribution < -0.4 is 20.1 Å². The Morgan fingerprint density at radius 2 is 0.753 bits per heavy atom. The van der Waals surface area contributed by atoms with Crippen LogP contribution in [0, 0.1) is 23.3 Å². The van der Waals surface area contributed by atoms with Gasteiger partial charge in [0.05, 0.1) is 38.7 Å². The molecular weight excluding hydrogens is 1330 g/mol. The molecular formula is C63H41Cl2F19N2O7. The lowest BCUT2D eigenvalue weighted by molar-refractivity contribution is -0.253. The number of hydrogen-bond donors (Lipinski definition) is 3. The highest BCUT2D eigenvalue weighted by atomic mass is 35.5. The van der Waals surface area contributed by atoms with E-state index in [2.05, 4.69) is 20.1 Å². The monoisotopic (exact) mass is 1370 g/mol. The predicted molar refractivity (Wildman–Crippen MR) is 297 cm³/mol. The fourth-order valence-electron chi connectivity index (χ4n) is 9.14. The second-order valence-corrected chi connectivity index (χ2v) is 20.4. The number of aromatic carboxylic acids is 1. The van der Waals surface area contributed by atoms with Crippen molar-refractivity contribution in [2.45, 2.75) is 61.3 Å². The minimum atomic E-state index is -5.21. The van der Waals surface area contributed by atoms with E-state index < -0.39 is 152 Å². The Labute approximate surface area is 523 Å². The van der Waals surface area contributed by atoms with Gasteiger partial charge >= 0.3 is 49.4 Å². The molecule has 0 aromatic heterocycles. The Morgan fingerprint density at radius 3 is 1.05 bits per heavy atom. The molecule has 8 rings (SSSR count). The van der Waals surface area contributed by atoms with Crippen LogP contribution in [0.15, 0.2) is 182 Å². The first-order valence-electron chi connectivity index (χ1n) is 26.0. The summed E-state index contributed by atoms with van der Waals surface area (Å²) in [4.78, 5) is 50.0. The van der Waals surface area contributed by atoms with Crippen LogP contribution in [0.3, 0.4) is 0 Å². The molecule has 8 aromatic carbocycles. The van der Waals surface area contributed by atoms with Crippen molar-refractivity contribution in [3.05, 3.63) is 272 Å². The standard InChI is InChI=1S/C31H19F10NO3.C31H20F9NO4.CH2Cl2/c32-22-13-21(14-23(15-22)45-31(40,41)28(35)36)29(16-17-4-2-1-3-5-17,20-9-6-18(7-10-20)26(34)43)42-27(44)19-8-11-25(33)24(12-19)30(37,38)39;32-22-13-21(14-23(15-22)45-31(39,40)28(34)35)29(16-17-4-2-1-3-5-17,20-9-6-18(7-10-20)27(43)44)41-26(42)19-8-11-25(33)24(12-19)30(36,37)38;2-1-3/h1-15,28H,16H2,(H,42,44);1-15,28H,16H2,(H,41,42)(H,43,44);1H2/t2*29-;/m11./s1. The molecule has 30 heteroatoms. The minimum absolute atomic E-state index is 0.0278. The number of ether oxygens (including phenoxy) is 2. The van der Waals surface area contributed by atoms with Crippen molar-refractivity contribution in [3.63, 3.8) is 0 Å². The van der Waals surface area contributed by atoms with Gasteiger partial charge in [0.25, 0.3) is 11.8 Å². The molecule has 3 N–H and O–H groups in total. The number of carboxylic acid groups (broad SMARTS) is 1. The number of halogens is 21. The summed E-state index contributed by atoms with van der Waals surface area (Å²) in [5, 5.41) is 14.5. The molecule has 0 unspecified atom stereocenters. The van der Waals surface area contributed by atoms with Crippen LogP contribution in [0.25, 0.3) is 0 Å². The van der Waals surface area contributed by atoms with E-state index in [1.807, 2.05) is 0 Å². The second kappa shape index (κ2) is 30.0. The van der Waals surface area contributed by atoms with Crippen molar-refractivity contribution in [1.82, 2.24) is 10.6 Å². The number of carbonyl (C=O) groups excluding carboxylic acids is 3. The van der Waals surface area contributed by atoms with E-state index in [9.17, 15) is 108 Å². The Morgan fingerprint density at radius 1 is 0.430 bits per heavy atom. The van der Waals surface area contributed by atoms with Gasteiger partial charge in [-0.3, -0.25) is 14.4 Å². The molecule has 0 aliphatic carbocycles. The Bertz CT molecular complexity index is 3670. The normalized spacial score (nSPS) is 13.1. The minimum Gasteiger partial charge on any atom is -0.478 e. The van der Waals surface area contributed by atoms with Crippen molar-refractivity contribution in [2.24, 2.45) is 0 Å². The SMILES string of the molecule is ClCCl.O=C(F)c1ccc([C@@](Cc2ccccc2)(NC(=O)c2ccc(F)c(C(F)(F)F)c2)c2cc(F)cc(OC(F)(F)C(F)F)c2)cc1.O=C(O)c1ccc([C@@](Cc2ccccc2)(NC(=O)c2ccc(F)c(C(F)(F)F)c2)c2cc(F)cc(OC(F)(F)C(F)F)c2)cc1. The van der Waals surface area contributed by atoms with Crippen LogP contribution in [0.5, 0.6) is 11.5 Å². The summed E-state index contributed by atoms with van der Waals surface area (Å²) >= 11 is 9.53. The van der Waals surface area contributed by atoms with Gasteiger partial charge in [-0.05, 0) is 118 Å². The van der Waals surface area contributed by atoms with E-state index in [4.69, 9.17) is 23.2 Å². The first kappa shape index (κ1) is 72.7. The fourth-order valence-corrected chi connectivity index (χ4v) is 9.14. The molecule has 0 heterocycles. The fraction of sp³-hybridized carbons (Fsp3) is 0.175. The number of hydrogen-bond acceptors (Lipinski definition) is 6. The third kappa shape index (κ3) is 18.5. The van der Waals surface area contributed by atoms with E-state index >= 15 is 0 Å². The van der Waals surface area contributed by atoms with Gasteiger partial charge in [-0.2, -0.15) is 65.9 Å². The first-order valence-corrected chi connectivity index (χ1v) is 27.1. The maximum atomic E-state index is 15.0. The number of nitrogens with one attached hydrogen (secondary N) is 2. The lowest BCUT2D eigenvalue weighted by Gasteiger charge is -2.37. The predicted octanol–water partition coefficient (Wildman–Crippen LogP) is 17.5. The second-order valence-electron chi connectivity index (χ2n) is 19.5. The zero-order chi connectivity index (χ0) is 69.0. The van der Waals surface area contributed by atoms with Gasteiger partial charge in [-0.1, -0.05) is 84.9 Å². The highest BCUT2D eigenvalue weighted by Crippen LogP contribution is 2.42. The molecule has 0 saturated heterocycles. The third-order valence-corrected chi connectivity index (χ3v) is 13.3. The summed E-state index contributed by atoms with van der Waals surface area (Å²) in [7, 11) is 0. The van der Waals surface area contributed by atoms with Crippen LogP contribution in [0.1, 0.15) is 85.9 Å². The van der Waals surface area contributed by atoms with Crippen molar-refractivity contribution in [1.29, 1.82) is 0 Å². The van der Waals surface area contributed by atoms with Gasteiger partial charge in [0, 0.05) is 36.1 Å². The summed E-state index contributed by atoms with van der Waals surface area (Å²) in [6.45, 7) is 0. The van der Waals surface area contributed by atoms with E-state index in [1.54, 1.807) is 36.4 Å². The summed E-state index contributed by atoms with van der Waals surface area (Å²) in [5.41, 5.74) is -10.2. The molecule has 2 atom stereocenters. The van der Waals surface area contributed by atoms with Crippen LogP contribution in [-0.4, -0.2) is 59.3 Å². The van der Waals surface area contributed by atoms with Gasteiger partial charge in [-0.15, -0.1) is 23.2 Å². The molecule has 9 nitrogen and oxygen atoms in total. The maximum absolute atomic E-state index is 15.0. The molecule has 93 heavy (non-hydrogen) atoms. The Hall–Kier alpha value is -9.31. The van der Waals surface area contributed by atoms with Crippen LogP contribution >= 0.6 is 23.2 Å². The van der Waals surface area contributed by atoms with Crippen molar-refractivity contribution in [2.75, 3.05) is 5.34 Å². The van der Waals surface area contributed by atoms with Gasteiger partial charge in [0.1, 0.15) is 34.8 Å². The molecule has 0 aliphatic rings. The maximum Gasteiger partial charge on any atom is 0.461 e. The van der Waals surface area contributed by atoms with Crippen LogP contribution in [0.2, 0.25) is 0 Å². The summed E-state index contributed by atoms with van der Waals surface area (Å²) in [6.07, 6.45) is -30.0. The van der Waals surface area contributed by atoms with Gasteiger partial charge < -0.3 is 25.2 Å². The average molecular weight is 1370 g/mol. The first-order chi connectivity index (χ1) is 43.4. The highest BCUT2D eigenvalue weighted by molar-refractivity contribution is 6.40. The number of rotatable bonds is 20. The topological polar surface area (TPSA) is 131 Å². The van der Waals surface area contributed by atoms with Crippen molar-refractivity contribution in [3.8, 4) is 11.5 Å². The van der Waals surface area contributed by atoms with Crippen LogP contribution in [0.4, 0.5) is 83.4 Å². The van der Waals surface area contributed by atoms with Crippen molar-refractivity contribution < 1.29 is 117 Å². The third-order valence-electron chi connectivity index (χ3n) is 13.3. The average Bonchev–Trinajstić information content (AvgIpc) is 0.863. The molecule has 0 bridgehead atoms. The smallest absolute Gasteiger partial charge is 0.461 e. The van der Waals surface area contributed by atoms with E-state index in [0.717, 1.165) is 66.7 Å². The Kier molecular flexibility index (Phi) is 23.4. The van der Waals surface area contributed by atoms with E-state index in [-0.39, 0.29) is 40.6 Å². The van der Waals surface area contributed by atoms with E-state index in [1.165, 1.54) is 36.4 Å². The number of alkyl halides is 16. The molecule has 492 valence electrons. The van der Waals surface area contributed by atoms with Gasteiger partial charge in [0.2, 0.25) is 0 Å². The summed E-state index contributed by atoms with van der Waals surface area (Å²) < 4.78 is 267. The van der Waals surface area contributed by atoms with Crippen molar-refractivity contribution >= 4 is 47.0 Å². The summed E-state index contributed by atoms with van der Waals surface area (Å²) in [5.74, 6) is -12.1. The highest BCUT2D eigenvalue weighted by Gasteiger charge is 2.47. The largest absolute Gasteiger partial charge is 0.478 e. The quantitative estimate of drug-likeness (QED) is 0.0393. The number of benzene rings is 8. The zero-order valence-corrected chi connectivity index (χ0v) is 47.9. The molecule has 0 saturated carbocycles. The molecule has 0 spiro atoms. The van der Waals surface area contributed by atoms with Gasteiger partial charge in [0.15, 0.2) is 0 Å². The van der Waals surface area contributed by atoms with Crippen LogP contribution in [-0.2, 0) is 36.3 Å². The molecule has 0 aliphatic heterocycles. The lowest BCUT2D eigenvalue weighted by Crippen LogP contribution is -2.49. The van der Waals surface area contributed by atoms with Gasteiger partial charge in [-0.25, -0.2) is 22.4 Å². The molecule has 0 fully saturated rings. The van der Waals surface area contributed by atoms with E-state index in [0.29, 0.717) is 41.5 Å². The Balaban J connectivity index is 0.000000283.